The number of hydrogen-bond acceptors (Lipinski definition) is 2. The average Bonchev–Trinajstić information content (AvgIpc) is 3.23. The number of halogens is 1. The van der Waals surface area contributed by atoms with Crippen LogP contribution in [0, 0.1) is 5.82 Å². The van der Waals surface area contributed by atoms with Crippen molar-refractivity contribution in [2.45, 2.75) is 18.9 Å². The first-order valence-electron chi connectivity index (χ1n) is 6.28. The Bertz CT molecular complexity index is 618. The van der Waals surface area contributed by atoms with E-state index in [0.717, 1.165) is 24.2 Å². The topological polar surface area (TPSA) is 26.3 Å². The van der Waals surface area contributed by atoms with Crippen LogP contribution in [0.3, 0.4) is 0 Å². The van der Waals surface area contributed by atoms with Crippen LogP contribution in [0.5, 0.6) is 5.75 Å². The van der Waals surface area contributed by atoms with Crippen LogP contribution in [0.2, 0.25) is 0 Å². The second-order valence-electron chi connectivity index (χ2n) is 4.70. The summed E-state index contributed by atoms with van der Waals surface area (Å²) >= 11 is 0. The number of ether oxygens (including phenoxy) is 1. The van der Waals surface area contributed by atoms with Gasteiger partial charge < -0.3 is 4.74 Å². The molecule has 0 bridgehead atoms. The zero-order valence-corrected chi connectivity index (χ0v) is 10.3. The molecule has 3 heteroatoms. The summed E-state index contributed by atoms with van der Waals surface area (Å²) in [5.74, 6) is 0.407. The Morgan fingerprint density at radius 3 is 2.74 bits per heavy atom. The zero-order valence-electron chi connectivity index (χ0n) is 10.3. The molecule has 1 aliphatic carbocycles. The predicted molar refractivity (Wildman–Crippen MR) is 70.9 cm³/mol. The molecule has 0 saturated heterocycles. The van der Waals surface area contributed by atoms with E-state index in [1.54, 1.807) is 6.07 Å². The smallest absolute Gasteiger partial charge is 0.150 e. The Morgan fingerprint density at radius 2 is 2.00 bits per heavy atom. The highest BCUT2D eigenvalue weighted by atomic mass is 19.1. The van der Waals surface area contributed by atoms with E-state index < -0.39 is 0 Å². The van der Waals surface area contributed by atoms with Gasteiger partial charge in [-0.1, -0.05) is 12.1 Å². The van der Waals surface area contributed by atoms with E-state index in [4.69, 9.17) is 4.74 Å². The van der Waals surface area contributed by atoms with Crippen molar-refractivity contribution in [2.24, 2.45) is 0 Å². The molecule has 3 rings (SSSR count). The molecule has 2 aromatic rings. The fraction of sp³-hybridized carbons (Fsp3) is 0.188. The lowest BCUT2D eigenvalue weighted by atomic mass is 10.0. The molecule has 1 saturated carbocycles. The first-order chi connectivity index (χ1) is 9.26. The standard InChI is InChI=1S/C16H13FO2/c17-16-7-4-11(10-18)8-15(16)12-2-1-3-14(9-12)19-13-5-6-13/h1-4,7-10,13H,5-6H2. The van der Waals surface area contributed by atoms with Gasteiger partial charge in [0.05, 0.1) is 6.10 Å². The molecular formula is C16H13FO2. The van der Waals surface area contributed by atoms with Gasteiger partial charge in [0, 0.05) is 11.1 Å². The number of aldehydes is 1. The van der Waals surface area contributed by atoms with E-state index >= 15 is 0 Å². The third kappa shape index (κ3) is 2.65. The predicted octanol–water partition coefficient (Wildman–Crippen LogP) is 3.85. The van der Waals surface area contributed by atoms with Crippen LogP contribution >= 0.6 is 0 Å². The Hall–Kier alpha value is -2.16. The van der Waals surface area contributed by atoms with Crippen LogP contribution in [0.15, 0.2) is 42.5 Å². The van der Waals surface area contributed by atoms with Crippen molar-refractivity contribution in [1.82, 2.24) is 0 Å². The first kappa shape index (κ1) is 11.9. The number of carbonyl (C=O) groups excluding carboxylic acids is 1. The molecular weight excluding hydrogens is 243 g/mol. The molecule has 0 atom stereocenters. The van der Waals surface area contributed by atoms with Crippen LogP contribution in [-0.2, 0) is 0 Å². The van der Waals surface area contributed by atoms with E-state index in [9.17, 15) is 9.18 Å². The second kappa shape index (κ2) is 4.84. The summed E-state index contributed by atoms with van der Waals surface area (Å²) in [6.07, 6.45) is 3.19. The van der Waals surface area contributed by atoms with Crippen LogP contribution in [0.4, 0.5) is 4.39 Å². The molecule has 2 aromatic carbocycles. The van der Waals surface area contributed by atoms with Crippen molar-refractivity contribution in [2.75, 3.05) is 0 Å². The third-order valence-corrected chi connectivity index (χ3v) is 3.10. The van der Waals surface area contributed by atoms with Crippen LogP contribution in [0.25, 0.3) is 11.1 Å². The van der Waals surface area contributed by atoms with Crippen molar-refractivity contribution >= 4 is 6.29 Å². The summed E-state index contributed by atoms with van der Waals surface area (Å²) < 4.78 is 19.5. The summed E-state index contributed by atoms with van der Waals surface area (Å²) in [7, 11) is 0. The Morgan fingerprint density at radius 1 is 1.16 bits per heavy atom. The van der Waals surface area contributed by atoms with Crippen LogP contribution < -0.4 is 4.74 Å². The maximum absolute atomic E-state index is 13.8. The molecule has 1 aliphatic rings. The molecule has 19 heavy (non-hydrogen) atoms. The van der Waals surface area contributed by atoms with Gasteiger partial charge in [-0.3, -0.25) is 4.79 Å². The van der Waals surface area contributed by atoms with Gasteiger partial charge in [-0.25, -0.2) is 4.39 Å². The molecule has 2 nitrogen and oxygen atoms in total. The highest BCUT2D eigenvalue weighted by molar-refractivity contribution is 5.79. The average molecular weight is 256 g/mol. The van der Waals surface area contributed by atoms with Crippen molar-refractivity contribution in [3.8, 4) is 16.9 Å². The van der Waals surface area contributed by atoms with E-state index in [1.807, 2.05) is 24.3 Å². The van der Waals surface area contributed by atoms with Gasteiger partial charge in [0.25, 0.3) is 0 Å². The summed E-state index contributed by atoms with van der Waals surface area (Å²) in [4.78, 5) is 10.8. The molecule has 0 amide bonds. The molecule has 0 radical (unpaired) electrons. The molecule has 0 N–H and O–H groups in total. The Balaban J connectivity index is 1.98. The number of benzene rings is 2. The third-order valence-electron chi connectivity index (χ3n) is 3.10. The summed E-state index contributed by atoms with van der Waals surface area (Å²) in [6, 6.07) is 11.7. The minimum absolute atomic E-state index is 0.307. The van der Waals surface area contributed by atoms with Gasteiger partial charge in [0.15, 0.2) is 0 Å². The molecule has 0 aromatic heterocycles. The van der Waals surface area contributed by atoms with Gasteiger partial charge in [0.1, 0.15) is 17.9 Å². The first-order valence-corrected chi connectivity index (χ1v) is 6.28. The van der Waals surface area contributed by atoms with Crippen LogP contribution in [0.1, 0.15) is 23.2 Å². The van der Waals surface area contributed by atoms with Crippen molar-refractivity contribution < 1.29 is 13.9 Å². The van der Waals surface area contributed by atoms with Crippen molar-refractivity contribution in [1.29, 1.82) is 0 Å². The molecule has 96 valence electrons. The molecule has 1 fully saturated rings. The van der Waals surface area contributed by atoms with E-state index in [1.165, 1.54) is 12.1 Å². The lowest BCUT2D eigenvalue weighted by Crippen LogP contribution is -1.96. The van der Waals surface area contributed by atoms with Gasteiger partial charge in [-0.05, 0) is 48.7 Å². The lowest BCUT2D eigenvalue weighted by Gasteiger charge is -2.08. The monoisotopic (exact) mass is 256 g/mol. The second-order valence-corrected chi connectivity index (χ2v) is 4.70. The van der Waals surface area contributed by atoms with Gasteiger partial charge >= 0.3 is 0 Å². The maximum atomic E-state index is 13.8. The fourth-order valence-corrected chi connectivity index (χ4v) is 1.95. The molecule has 0 unspecified atom stereocenters. The van der Waals surface area contributed by atoms with Crippen LogP contribution in [-0.4, -0.2) is 12.4 Å². The quantitative estimate of drug-likeness (QED) is 0.777. The Labute approximate surface area is 110 Å². The molecule has 0 spiro atoms. The summed E-state index contributed by atoms with van der Waals surface area (Å²) in [5, 5.41) is 0. The van der Waals surface area contributed by atoms with E-state index in [0.29, 0.717) is 23.5 Å². The van der Waals surface area contributed by atoms with Crippen molar-refractivity contribution in [3.63, 3.8) is 0 Å². The lowest BCUT2D eigenvalue weighted by molar-refractivity contribution is 0.112. The van der Waals surface area contributed by atoms with Crippen molar-refractivity contribution in [3.05, 3.63) is 53.8 Å². The Kier molecular flexibility index (Phi) is 3.03. The highest BCUT2D eigenvalue weighted by Gasteiger charge is 2.23. The van der Waals surface area contributed by atoms with E-state index in [-0.39, 0.29) is 5.82 Å². The molecule has 0 aliphatic heterocycles. The highest BCUT2D eigenvalue weighted by Crippen LogP contribution is 2.31. The summed E-state index contributed by atoms with van der Waals surface area (Å²) in [5.41, 5.74) is 1.61. The minimum atomic E-state index is -0.339. The minimum Gasteiger partial charge on any atom is -0.490 e. The van der Waals surface area contributed by atoms with Gasteiger partial charge in [-0.15, -0.1) is 0 Å². The van der Waals surface area contributed by atoms with Gasteiger partial charge in [0.2, 0.25) is 0 Å². The van der Waals surface area contributed by atoms with Gasteiger partial charge in [-0.2, -0.15) is 0 Å². The summed E-state index contributed by atoms with van der Waals surface area (Å²) in [6.45, 7) is 0. The zero-order chi connectivity index (χ0) is 13.2. The normalized spacial score (nSPS) is 14.2. The largest absolute Gasteiger partial charge is 0.490 e. The fourth-order valence-electron chi connectivity index (χ4n) is 1.95. The SMILES string of the molecule is O=Cc1ccc(F)c(-c2cccc(OC3CC3)c2)c1. The van der Waals surface area contributed by atoms with E-state index in [2.05, 4.69) is 0 Å². The maximum Gasteiger partial charge on any atom is 0.150 e. The number of hydrogen-bond donors (Lipinski definition) is 0. The molecule has 0 heterocycles. The number of carbonyl (C=O) groups is 1. The number of rotatable bonds is 4.